The Bertz CT molecular complexity index is 426. The third kappa shape index (κ3) is 2.73. The summed E-state index contributed by atoms with van der Waals surface area (Å²) >= 11 is 0. The quantitative estimate of drug-likeness (QED) is 0.797. The van der Waals surface area contributed by atoms with Crippen molar-refractivity contribution in [1.29, 1.82) is 0 Å². The minimum atomic E-state index is -4.27. The van der Waals surface area contributed by atoms with E-state index >= 15 is 0 Å². The molecule has 2 aliphatic rings. The smallest absolute Gasteiger partial charge is 0.324 e. The van der Waals surface area contributed by atoms with Crippen molar-refractivity contribution < 1.29 is 27.2 Å². The van der Waals surface area contributed by atoms with Crippen molar-refractivity contribution in [2.75, 3.05) is 13.1 Å². The average molecular weight is 296 g/mol. The number of nitrogens with one attached hydrogen (secondary N) is 1. The van der Waals surface area contributed by atoms with Crippen LogP contribution in [0.15, 0.2) is 0 Å². The number of amides is 2. The molecular weight excluding hydrogens is 280 g/mol. The van der Waals surface area contributed by atoms with Crippen LogP contribution in [-0.4, -0.2) is 47.7 Å². The molecule has 8 heteroatoms. The Balaban J connectivity index is 2.20. The van der Waals surface area contributed by atoms with Crippen molar-refractivity contribution in [2.45, 2.75) is 44.1 Å². The molecule has 2 amide bonds. The van der Waals surface area contributed by atoms with Crippen molar-refractivity contribution >= 4 is 11.8 Å². The van der Waals surface area contributed by atoms with Crippen LogP contribution < -0.4 is 5.32 Å². The SMILES string of the molecule is CC1(C2CC2)NC(=O)CCN(CC(F)(F)C(F)F)C1=O. The first kappa shape index (κ1) is 15.1. The second kappa shape index (κ2) is 4.89. The summed E-state index contributed by atoms with van der Waals surface area (Å²) < 4.78 is 50.8. The minimum Gasteiger partial charge on any atom is -0.342 e. The highest BCUT2D eigenvalue weighted by molar-refractivity contribution is 5.93. The molecule has 1 unspecified atom stereocenters. The van der Waals surface area contributed by atoms with E-state index in [0.29, 0.717) is 17.7 Å². The summed E-state index contributed by atoms with van der Waals surface area (Å²) in [6.07, 6.45) is -2.58. The van der Waals surface area contributed by atoms with Crippen LogP contribution in [0.25, 0.3) is 0 Å². The Morgan fingerprint density at radius 3 is 2.50 bits per heavy atom. The Morgan fingerprint density at radius 2 is 2.00 bits per heavy atom. The van der Waals surface area contributed by atoms with Gasteiger partial charge in [-0.3, -0.25) is 9.59 Å². The van der Waals surface area contributed by atoms with Gasteiger partial charge in [-0.05, 0) is 25.7 Å². The van der Waals surface area contributed by atoms with Crippen molar-refractivity contribution in [3.8, 4) is 0 Å². The predicted octanol–water partition coefficient (Wildman–Crippen LogP) is 1.40. The second-order valence-electron chi connectivity index (χ2n) is 5.56. The van der Waals surface area contributed by atoms with E-state index in [1.807, 2.05) is 0 Å². The third-order valence-corrected chi connectivity index (χ3v) is 3.85. The summed E-state index contributed by atoms with van der Waals surface area (Å²) in [6, 6.07) is 0. The van der Waals surface area contributed by atoms with Gasteiger partial charge in [0.1, 0.15) is 5.54 Å². The maximum atomic E-state index is 13.2. The van der Waals surface area contributed by atoms with Crippen LogP contribution in [0.1, 0.15) is 26.2 Å². The first-order chi connectivity index (χ1) is 9.17. The molecule has 20 heavy (non-hydrogen) atoms. The lowest BCUT2D eigenvalue weighted by atomic mass is 9.94. The van der Waals surface area contributed by atoms with E-state index in [0.717, 1.165) is 0 Å². The van der Waals surface area contributed by atoms with Gasteiger partial charge in [0.05, 0.1) is 6.54 Å². The maximum Gasteiger partial charge on any atom is 0.324 e. The molecular formula is C12H16F4N2O2. The molecule has 1 saturated carbocycles. The highest BCUT2D eigenvalue weighted by Gasteiger charge is 2.53. The molecule has 1 saturated heterocycles. The van der Waals surface area contributed by atoms with Crippen molar-refractivity contribution in [3.05, 3.63) is 0 Å². The fourth-order valence-corrected chi connectivity index (χ4v) is 2.48. The fourth-order valence-electron chi connectivity index (χ4n) is 2.48. The highest BCUT2D eigenvalue weighted by Crippen LogP contribution is 2.41. The molecule has 1 aliphatic heterocycles. The number of hydrogen-bond acceptors (Lipinski definition) is 2. The first-order valence-electron chi connectivity index (χ1n) is 6.43. The summed E-state index contributed by atoms with van der Waals surface area (Å²) in [6.45, 7) is -0.153. The van der Waals surface area contributed by atoms with Crippen LogP contribution in [0.2, 0.25) is 0 Å². The highest BCUT2D eigenvalue weighted by atomic mass is 19.3. The molecule has 0 bridgehead atoms. The summed E-state index contributed by atoms with van der Waals surface area (Å²) in [7, 11) is 0. The summed E-state index contributed by atoms with van der Waals surface area (Å²) in [5.74, 6) is -5.51. The molecule has 0 spiro atoms. The van der Waals surface area contributed by atoms with Gasteiger partial charge in [0, 0.05) is 13.0 Å². The minimum absolute atomic E-state index is 0.111. The Kier molecular flexibility index (Phi) is 3.68. The van der Waals surface area contributed by atoms with Gasteiger partial charge >= 0.3 is 12.3 Å². The summed E-state index contributed by atoms with van der Waals surface area (Å²) in [5, 5.41) is 2.55. The third-order valence-electron chi connectivity index (χ3n) is 3.85. The number of hydrogen-bond donors (Lipinski definition) is 1. The molecule has 1 heterocycles. The Hall–Kier alpha value is -1.34. The van der Waals surface area contributed by atoms with Crippen molar-refractivity contribution in [2.24, 2.45) is 5.92 Å². The van der Waals surface area contributed by atoms with E-state index < -0.39 is 36.2 Å². The second-order valence-corrected chi connectivity index (χ2v) is 5.56. The van der Waals surface area contributed by atoms with Gasteiger partial charge in [0.15, 0.2) is 0 Å². The van der Waals surface area contributed by atoms with Gasteiger partial charge in [0.2, 0.25) is 11.8 Å². The van der Waals surface area contributed by atoms with Crippen molar-refractivity contribution in [1.82, 2.24) is 10.2 Å². The van der Waals surface area contributed by atoms with E-state index in [2.05, 4.69) is 5.32 Å². The van der Waals surface area contributed by atoms with Gasteiger partial charge in [-0.2, -0.15) is 8.78 Å². The molecule has 1 aliphatic carbocycles. The zero-order chi connectivity index (χ0) is 15.1. The lowest BCUT2D eigenvalue weighted by Crippen LogP contribution is -2.58. The number of carbonyl (C=O) groups is 2. The monoisotopic (exact) mass is 296 g/mol. The van der Waals surface area contributed by atoms with Gasteiger partial charge < -0.3 is 10.2 Å². The number of carbonyl (C=O) groups excluding carboxylic acids is 2. The zero-order valence-corrected chi connectivity index (χ0v) is 11.0. The standard InChI is InChI=1S/C12H16F4N2O2/c1-11(7-2-3-7)10(20)18(5-4-8(19)17-11)6-12(15,16)9(13)14/h7,9H,2-6H2,1H3,(H,17,19). The molecule has 2 rings (SSSR count). The Labute approximate surface area is 113 Å². The van der Waals surface area contributed by atoms with Crippen LogP contribution in [0.5, 0.6) is 0 Å². The van der Waals surface area contributed by atoms with E-state index in [4.69, 9.17) is 0 Å². The van der Waals surface area contributed by atoms with Crippen LogP contribution in [0, 0.1) is 5.92 Å². The molecule has 0 aromatic heterocycles. The molecule has 2 fully saturated rings. The van der Waals surface area contributed by atoms with E-state index in [9.17, 15) is 27.2 Å². The molecule has 4 nitrogen and oxygen atoms in total. The summed E-state index contributed by atoms with van der Waals surface area (Å²) in [5.41, 5.74) is -1.26. The molecule has 0 aromatic rings. The number of rotatable bonds is 4. The van der Waals surface area contributed by atoms with Crippen LogP contribution in [-0.2, 0) is 9.59 Å². The largest absolute Gasteiger partial charge is 0.342 e. The number of nitrogens with zero attached hydrogens (tertiary/aromatic N) is 1. The van der Waals surface area contributed by atoms with E-state index in [-0.39, 0.29) is 18.9 Å². The Morgan fingerprint density at radius 1 is 1.40 bits per heavy atom. The zero-order valence-electron chi connectivity index (χ0n) is 11.0. The first-order valence-corrected chi connectivity index (χ1v) is 6.43. The predicted molar refractivity (Wildman–Crippen MR) is 61.4 cm³/mol. The van der Waals surface area contributed by atoms with E-state index in [1.165, 1.54) is 6.92 Å². The lowest BCUT2D eigenvalue weighted by molar-refractivity contribution is -0.160. The lowest BCUT2D eigenvalue weighted by Gasteiger charge is -2.33. The normalized spacial score (nSPS) is 28.6. The van der Waals surface area contributed by atoms with Crippen LogP contribution in [0.3, 0.4) is 0 Å². The fraction of sp³-hybridized carbons (Fsp3) is 0.833. The van der Waals surface area contributed by atoms with E-state index in [1.54, 1.807) is 0 Å². The maximum absolute atomic E-state index is 13.2. The van der Waals surface area contributed by atoms with Gasteiger partial charge in [-0.15, -0.1) is 0 Å². The molecule has 0 aromatic carbocycles. The van der Waals surface area contributed by atoms with Crippen molar-refractivity contribution in [3.63, 3.8) is 0 Å². The molecule has 114 valence electrons. The van der Waals surface area contributed by atoms with Crippen LogP contribution >= 0.6 is 0 Å². The molecule has 1 N–H and O–H groups in total. The topological polar surface area (TPSA) is 49.4 Å². The molecule has 0 radical (unpaired) electrons. The number of alkyl halides is 4. The van der Waals surface area contributed by atoms with Crippen LogP contribution in [0.4, 0.5) is 17.6 Å². The molecule has 1 atom stereocenters. The van der Waals surface area contributed by atoms with Gasteiger partial charge in [-0.1, -0.05) is 0 Å². The average Bonchev–Trinajstić information content (AvgIpc) is 3.16. The van der Waals surface area contributed by atoms with Gasteiger partial charge in [0.25, 0.3) is 0 Å². The number of halogens is 4. The van der Waals surface area contributed by atoms with Gasteiger partial charge in [-0.25, -0.2) is 8.78 Å². The summed E-state index contributed by atoms with van der Waals surface area (Å²) in [4.78, 5) is 24.6.